The summed E-state index contributed by atoms with van der Waals surface area (Å²) in [6.07, 6.45) is 6.31. The van der Waals surface area contributed by atoms with Crippen LogP contribution in [0.3, 0.4) is 0 Å². The van der Waals surface area contributed by atoms with Gasteiger partial charge in [0.2, 0.25) is 5.91 Å². The van der Waals surface area contributed by atoms with Crippen LogP contribution in [0, 0.1) is 5.92 Å². The molecule has 2 aromatic rings. The molecule has 21 heavy (non-hydrogen) atoms. The maximum absolute atomic E-state index is 12.1. The van der Waals surface area contributed by atoms with E-state index in [0.29, 0.717) is 0 Å². The largest absolute Gasteiger partial charge is 0.333 e. The quantitative estimate of drug-likeness (QED) is 0.855. The molecule has 1 amide bonds. The lowest BCUT2D eigenvalue weighted by molar-refractivity contribution is -0.118. The second-order valence-corrected chi connectivity index (χ2v) is 5.34. The second-order valence-electron chi connectivity index (χ2n) is 5.34. The Morgan fingerprint density at radius 2 is 2.29 bits per heavy atom. The fourth-order valence-corrected chi connectivity index (χ4v) is 2.08. The van der Waals surface area contributed by atoms with Gasteiger partial charge in [-0.2, -0.15) is 0 Å². The molecule has 1 heterocycles. The number of carbonyl (C=O) groups is 1. The molecule has 0 aliphatic carbocycles. The van der Waals surface area contributed by atoms with Crippen LogP contribution < -0.4 is 11.1 Å². The lowest BCUT2D eigenvalue weighted by Crippen LogP contribution is -2.40. The molecule has 0 radical (unpaired) electrons. The van der Waals surface area contributed by atoms with E-state index in [4.69, 9.17) is 5.73 Å². The summed E-state index contributed by atoms with van der Waals surface area (Å²) in [4.78, 5) is 16.1. The van der Waals surface area contributed by atoms with Gasteiger partial charge in [0.15, 0.2) is 0 Å². The number of nitrogens with one attached hydrogen (secondary N) is 1. The molecule has 0 fully saturated rings. The molecule has 112 valence electrons. The average Bonchev–Trinajstić information content (AvgIpc) is 2.98. The lowest BCUT2D eigenvalue weighted by Gasteiger charge is -2.18. The first-order valence-corrected chi connectivity index (χ1v) is 7.21. The SMILES string of the molecule is CC[C@H](C)[C@H](N)C(=O)Nc1cccc(Cn2ccnc2)c1. The fourth-order valence-electron chi connectivity index (χ4n) is 2.08. The highest BCUT2D eigenvalue weighted by Crippen LogP contribution is 2.14. The average molecular weight is 286 g/mol. The van der Waals surface area contributed by atoms with Gasteiger partial charge in [-0.05, 0) is 23.6 Å². The van der Waals surface area contributed by atoms with Crippen LogP contribution in [0.25, 0.3) is 0 Å². The Hall–Kier alpha value is -2.14. The maximum Gasteiger partial charge on any atom is 0.241 e. The highest BCUT2D eigenvalue weighted by molar-refractivity contribution is 5.94. The molecule has 2 rings (SSSR count). The number of hydrogen-bond acceptors (Lipinski definition) is 3. The Labute approximate surface area is 125 Å². The molecule has 0 unspecified atom stereocenters. The number of rotatable bonds is 6. The second kappa shape index (κ2) is 7.04. The summed E-state index contributed by atoms with van der Waals surface area (Å²) in [5, 5.41) is 2.89. The van der Waals surface area contributed by atoms with Crippen LogP contribution in [0.5, 0.6) is 0 Å². The number of carbonyl (C=O) groups excluding carboxylic acids is 1. The van der Waals surface area contributed by atoms with Gasteiger partial charge in [0.1, 0.15) is 0 Å². The molecule has 0 aliphatic heterocycles. The molecule has 0 aliphatic rings. The molecule has 5 heteroatoms. The zero-order valence-electron chi connectivity index (χ0n) is 12.5. The summed E-state index contributed by atoms with van der Waals surface area (Å²) in [5.41, 5.74) is 7.82. The summed E-state index contributed by atoms with van der Waals surface area (Å²) in [6, 6.07) is 7.30. The predicted molar refractivity (Wildman–Crippen MR) is 83.8 cm³/mol. The Balaban J connectivity index is 2.02. The van der Waals surface area contributed by atoms with Gasteiger partial charge in [-0.15, -0.1) is 0 Å². The van der Waals surface area contributed by atoms with Crippen molar-refractivity contribution in [3.63, 3.8) is 0 Å². The molecule has 0 spiro atoms. The van der Waals surface area contributed by atoms with E-state index in [-0.39, 0.29) is 11.8 Å². The van der Waals surface area contributed by atoms with Crippen molar-refractivity contribution in [2.75, 3.05) is 5.32 Å². The number of benzene rings is 1. The Bertz CT molecular complexity index is 580. The Morgan fingerprint density at radius 1 is 1.48 bits per heavy atom. The van der Waals surface area contributed by atoms with Gasteiger partial charge in [-0.25, -0.2) is 4.98 Å². The first kappa shape index (κ1) is 15.3. The van der Waals surface area contributed by atoms with Crippen LogP contribution in [0.2, 0.25) is 0 Å². The number of nitrogens with zero attached hydrogens (tertiary/aromatic N) is 2. The minimum Gasteiger partial charge on any atom is -0.333 e. The Kier molecular flexibility index (Phi) is 5.11. The number of aromatic nitrogens is 2. The highest BCUT2D eigenvalue weighted by Gasteiger charge is 2.19. The van der Waals surface area contributed by atoms with E-state index >= 15 is 0 Å². The topological polar surface area (TPSA) is 72.9 Å². The van der Waals surface area contributed by atoms with Crippen molar-refractivity contribution in [3.8, 4) is 0 Å². The van der Waals surface area contributed by atoms with Crippen molar-refractivity contribution in [2.45, 2.75) is 32.9 Å². The molecule has 2 atom stereocenters. The van der Waals surface area contributed by atoms with E-state index in [2.05, 4.69) is 10.3 Å². The molecular weight excluding hydrogens is 264 g/mol. The first-order chi connectivity index (χ1) is 10.1. The number of imidazole rings is 1. The standard InChI is InChI=1S/C16H22N4O/c1-3-12(2)15(17)16(21)19-14-6-4-5-13(9-14)10-20-8-7-18-11-20/h4-9,11-12,15H,3,10,17H2,1-2H3,(H,19,21)/t12-,15-/m0/s1. The molecule has 3 N–H and O–H groups in total. The third kappa shape index (κ3) is 4.16. The van der Waals surface area contributed by atoms with Crippen LogP contribution >= 0.6 is 0 Å². The van der Waals surface area contributed by atoms with Gasteiger partial charge >= 0.3 is 0 Å². The summed E-state index contributed by atoms with van der Waals surface area (Å²) < 4.78 is 1.98. The number of amides is 1. The minimum atomic E-state index is -0.479. The molecular formula is C16H22N4O. The number of hydrogen-bond donors (Lipinski definition) is 2. The van der Waals surface area contributed by atoms with Crippen molar-refractivity contribution < 1.29 is 4.79 Å². The van der Waals surface area contributed by atoms with Gasteiger partial charge in [-0.1, -0.05) is 32.4 Å². The zero-order chi connectivity index (χ0) is 15.2. The normalized spacial score (nSPS) is 13.7. The molecule has 0 saturated heterocycles. The fraction of sp³-hybridized carbons (Fsp3) is 0.375. The van der Waals surface area contributed by atoms with E-state index in [1.54, 1.807) is 12.5 Å². The molecule has 5 nitrogen and oxygen atoms in total. The first-order valence-electron chi connectivity index (χ1n) is 7.21. The van der Waals surface area contributed by atoms with Crippen molar-refractivity contribution in [1.29, 1.82) is 0 Å². The van der Waals surface area contributed by atoms with Crippen molar-refractivity contribution in [1.82, 2.24) is 9.55 Å². The van der Waals surface area contributed by atoms with Gasteiger partial charge < -0.3 is 15.6 Å². The van der Waals surface area contributed by atoms with E-state index < -0.39 is 6.04 Å². The van der Waals surface area contributed by atoms with Crippen LogP contribution in [-0.4, -0.2) is 21.5 Å². The summed E-state index contributed by atoms with van der Waals surface area (Å²) in [7, 11) is 0. The third-order valence-electron chi connectivity index (χ3n) is 3.68. The number of anilines is 1. The zero-order valence-corrected chi connectivity index (χ0v) is 12.5. The lowest BCUT2D eigenvalue weighted by atomic mass is 9.99. The van der Waals surface area contributed by atoms with Gasteiger partial charge in [-0.3, -0.25) is 4.79 Å². The predicted octanol–water partition coefficient (Wildman–Crippen LogP) is 2.24. The van der Waals surface area contributed by atoms with E-state index in [1.165, 1.54) is 0 Å². The highest BCUT2D eigenvalue weighted by atomic mass is 16.2. The van der Waals surface area contributed by atoms with Gasteiger partial charge in [0.25, 0.3) is 0 Å². The van der Waals surface area contributed by atoms with Crippen LogP contribution in [-0.2, 0) is 11.3 Å². The summed E-state index contributed by atoms with van der Waals surface area (Å²) >= 11 is 0. The molecule has 1 aromatic carbocycles. The van der Waals surface area contributed by atoms with E-state index in [0.717, 1.165) is 24.2 Å². The molecule has 0 bridgehead atoms. The molecule has 1 aromatic heterocycles. The smallest absolute Gasteiger partial charge is 0.241 e. The van der Waals surface area contributed by atoms with Crippen molar-refractivity contribution in [3.05, 3.63) is 48.5 Å². The third-order valence-corrected chi connectivity index (χ3v) is 3.68. The van der Waals surface area contributed by atoms with Gasteiger partial charge in [0, 0.05) is 24.6 Å². The van der Waals surface area contributed by atoms with Crippen LogP contribution in [0.4, 0.5) is 5.69 Å². The Morgan fingerprint density at radius 3 is 2.95 bits per heavy atom. The minimum absolute atomic E-state index is 0.135. The van der Waals surface area contributed by atoms with E-state index in [9.17, 15) is 4.79 Å². The summed E-state index contributed by atoms with van der Waals surface area (Å²) in [6.45, 7) is 4.74. The monoisotopic (exact) mass is 286 g/mol. The summed E-state index contributed by atoms with van der Waals surface area (Å²) in [5.74, 6) is 0.0308. The van der Waals surface area contributed by atoms with Crippen molar-refractivity contribution in [2.24, 2.45) is 11.7 Å². The van der Waals surface area contributed by atoms with E-state index in [1.807, 2.05) is 48.9 Å². The van der Waals surface area contributed by atoms with Gasteiger partial charge in [0.05, 0.1) is 12.4 Å². The molecule has 0 saturated carbocycles. The van der Waals surface area contributed by atoms with Crippen molar-refractivity contribution >= 4 is 11.6 Å². The maximum atomic E-state index is 12.1. The number of nitrogens with two attached hydrogens (primary N) is 1. The van der Waals surface area contributed by atoms with Crippen LogP contribution in [0.1, 0.15) is 25.8 Å². The van der Waals surface area contributed by atoms with Crippen LogP contribution in [0.15, 0.2) is 43.0 Å².